The first kappa shape index (κ1) is 16.4. The highest BCUT2D eigenvalue weighted by Gasteiger charge is 2.11. The van der Waals surface area contributed by atoms with Gasteiger partial charge in [-0.15, -0.1) is 0 Å². The smallest absolute Gasteiger partial charge is 0.234 e. The molecule has 0 spiro atoms. The molecule has 0 aliphatic carbocycles. The van der Waals surface area contributed by atoms with Gasteiger partial charge in [0, 0.05) is 11.6 Å². The normalized spacial score (nSPS) is 12.2. The molecule has 1 amide bonds. The lowest BCUT2D eigenvalue weighted by molar-refractivity contribution is -0.113. The van der Waals surface area contributed by atoms with Crippen molar-refractivity contribution in [2.24, 2.45) is 5.92 Å². The van der Waals surface area contributed by atoms with Crippen LogP contribution in [0.15, 0.2) is 12.1 Å². The first-order valence-corrected chi connectivity index (χ1v) is 7.58. The number of amides is 1. The van der Waals surface area contributed by atoms with Crippen molar-refractivity contribution < 1.29 is 9.90 Å². The van der Waals surface area contributed by atoms with Crippen LogP contribution in [0.1, 0.15) is 6.92 Å². The van der Waals surface area contributed by atoms with E-state index < -0.39 is 0 Å². The molecule has 1 unspecified atom stereocenters. The number of carbonyl (C=O) groups excluding carboxylic acids is 1. The maximum Gasteiger partial charge on any atom is 0.234 e. The molecule has 0 aliphatic heterocycles. The summed E-state index contributed by atoms with van der Waals surface area (Å²) in [6, 6.07) is 3.06. The minimum absolute atomic E-state index is 0.116. The molecule has 4 nitrogen and oxygen atoms in total. The SMILES string of the molecule is CC(CO)CSCC(=O)Nc1c(N)cc(Cl)cc1Cl. The van der Waals surface area contributed by atoms with Crippen molar-refractivity contribution in [3.8, 4) is 0 Å². The number of aliphatic hydroxyl groups is 1. The molecule has 0 heterocycles. The lowest BCUT2D eigenvalue weighted by Crippen LogP contribution is -2.17. The van der Waals surface area contributed by atoms with Gasteiger partial charge in [-0.2, -0.15) is 11.8 Å². The topological polar surface area (TPSA) is 75.3 Å². The number of nitrogens with one attached hydrogen (secondary N) is 1. The molecule has 7 heteroatoms. The van der Waals surface area contributed by atoms with Crippen LogP contribution in [0.3, 0.4) is 0 Å². The Balaban J connectivity index is 2.53. The van der Waals surface area contributed by atoms with E-state index in [2.05, 4.69) is 5.32 Å². The highest BCUT2D eigenvalue weighted by atomic mass is 35.5. The van der Waals surface area contributed by atoms with Crippen molar-refractivity contribution in [2.75, 3.05) is 29.2 Å². The van der Waals surface area contributed by atoms with Gasteiger partial charge >= 0.3 is 0 Å². The maximum absolute atomic E-state index is 11.7. The van der Waals surface area contributed by atoms with Crippen molar-refractivity contribution in [3.63, 3.8) is 0 Å². The number of nitrogens with two attached hydrogens (primary N) is 1. The largest absolute Gasteiger partial charge is 0.397 e. The number of aliphatic hydroxyl groups excluding tert-OH is 1. The quantitative estimate of drug-likeness (QED) is 0.704. The van der Waals surface area contributed by atoms with Crippen LogP contribution in [0.5, 0.6) is 0 Å². The van der Waals surface area contributed by atoms with Gasteiger partial charge in [0.25, 0.3) is 0 Å². The fourth-order valence-electron chi connectivity index (χ4n) is 1.31. The summed E-state index contributed by atoms with van der Waals surface area (Å²) < 4.78 is 0. The lowest BCUT2D eigenvalue weighted by Gasteiger charge is -2.11. The van der Waals surface area contributed by atoms with Gasteiger partial charge in [0.1, 0.15) is 0 Å². The van der Waals surface area contributed by atoms with Gasteiger partial charge in [-0.25, -0.2) is 0 Å². The van der Waals surface area contributed by atoms with E-state index in [0.717, 1.165) is 0 Å². The molecule has 19 heavy (non-hydrogen) atoms. The molecule has 0 saturated heterocycles. The molecule has 0 fully saturated rings. The monoisotopic (exact) mass is 322 g/mol. The van der Waals surface area contributed by atoms with E-state index >= 15 is 0 Å². The standard InChI is InChI=1S/C12H16Cl2N2O2S/c1-7(4-17)5-19-6-11(18)16-12-9(14)2-8(13)3-10(12)15/h2-3,7,17H,4-6,15H2,1H3,(H,16,18). The first-order valence-electron chi connectivity index (χ1n) is 5.67. The summed E-state index contributed by atoms with van der Waals surface area (Å²) in [4.78, 5) is 11.7. The third-order valence-electron chi connectivity index (χ3n) is 2.30. The Labute approximate surface area is 126 Å². The highest BCUT2D eigenvalue weighted by Crippen LogP contribution is 2.32. The van der Waals surface area contributed by atoms with Crippen molar-refractivity contribution >= 4 is 52.2 Å². The number of carbonyl (C=O) groups is 1. The number of thioether (sulfide) groups is 1. The molecule has 0 radical (unpaired) electrons. The van der Waals surface area contributed by atoms with Crippen LogP contribution in [-0.2, 0) is 4.79 Å². The third-order valence-corrected chi connectivity index (χ3v) is 4.08. The molecule has 106 valence electrons. The molecule has 1 rings (SSSR count). The number of rotatable bonds is 6. The Bertz CT molecular complexity index is 434. The van der Waals surface area contributed by atoms with Gasteiger partial charge in [0.15, 0.2) is 0 Å². The second-order valence-corrected chi connectivity index (χ2v) is 6.08. The van der Waals surface area contributed by atoms with E-state index in [-0.39, 0.29) is 24.2 Å². The van der Waals surface area contributed by atoms with Gasteiger partial charge in [-0.3, -0.25) is 4.79 Å². The van der Waals surface area contributed by atoms with Crippen molar-refractivity contribution in [1.82, 2.24) is 0 Å². The second kappa shape index (κ2) is 7.85. The maximum atomic E-state index is 11.7. The van der Waals surface area contributed by atoms with Gasteiger partial charge in [0.05, 0.1) is 22.2 Å². The van der Waals surface area contributed by atoms with Crippen LogP contribution < -0.4 is 11.1 Å². The fraction of sp³-hybridized carbons (Fsp3) is 0.417. The van der Waals surface area contributed by atoms with Gasteiger partial charge in [-0.05, 0) is 23.8 Å². The van der Waals surface area contributed by atoms with Crippen molar-refractivity contribution in [1.29, 1.82) is 0 Å². The molecule has 0 aliphatic rings. The molecular formula is C12H16Cl2N2O2S. The first-order chi connectivity index (χ1) is 8.93. The van der Waals surface area contributed by atoms with Gasteiger partial charge in [0.2, 0.25) is 5.91 Å². The minimum atomic E-state index is -0.189. The number of benzene rings is 1. The molecule has 1 atom stereocenters. The molecule has 1 aromatic rings. The second-order valence-electron chi connectivity index (χ2n) is 4.20. The summed E-state index contributed by atoms with van der Waals surface area (Å²) in [5.74, 6) is 0.976. The average Bonchev–Trinajstić information content (AvgIpc) is 2.33. The molecule has 1 aromatic carbocycles. The summed E-state index contributed by atoms with van der Waals surface area (Å²) in [6.45, 7) is 2.03. The summed E-state index contributed by atoms with van der Waals surface area (Å²) in [5, 5.41) is 12.3. The zero-order valence-electron chi connectivity index (χ0n) is 10.5. The number of halogens is 2. The summed E-state index contributed by atoms with van der Waals surface area (Å²) in [5.41, 5.74) is 6.46. The predicted molar refractivity (Wildman–Crippen MR) is 83.1 cm³/mol. The van der Waals surface area contributed by atoms with E-state index in [1.54, 1.807) is 0 Å². The van der Waals surface area contributed by atoms with Crippen LogP contribution in [-0.4, -0.2) is 29.1 Å². The number of anilines is 2. The highest BCUT2D eigenvalue weighted by molar-refractivity contribution is 7.99. The van der Waals surface area contributed by atoms with Crippen LogP contribution in [0, 0.1) is 5.92 Å². The zero-order valence-corrected chi connectivity index (χ0v) is 12.8. The van der Waals surface area contributed by atoms with Crippen molar-refractivity contribution in [3.05, 3.63) is 22.2 Å². The van der Waals surface area contributed by atoms with E-state index in [1.807, 2.05) is 6.92 Å². The van der Waals surface area contributed by atoms with E-state index in [1.165, 1.54) is 23.9 Å². The van der Waals surface area contributed by atoms with Crippen LogP contribution in [0.4, 0.5) is 11.4 Å². The lowest BCUT2D eigenvalue weighted by atomic mass is 10.2. The minimum Gasteiger partial charge on any atom is -0.397 e. The number of hydrogen-bond donors (Lipinski definition) is 3. The van der Waals surface area contributed by atoms with Gasteiger partial charge < -0.3 is 16.2 Å². The molecule has 0 aromatic heterocycles. The van der Waals surface area contributed by atoms with Gasteiger partial charge in [-0.1, -0.05) is 30.1 Å². The van der Waals surface area contributed by atoms with Crippen LogP contribution in [0.25, 0.3) is 0 Å². The Kier molecular flexibility index (Phi) is 6.79. The van der Waals surface area contributed by atoms with Crippen LogP contribution in [0.2, 0.25) is 10.0 Å². The molecule has 4 N–H and O–H groups in total. The summed E-state index contributed by atoms with van der Waals surface area (Å²) in [7, 11) is 0. The predicted octanol–water partition coefficient (Wildman–Crippen LogP) is 2.88. The Hall–Kier alpha value is -0.620. The Morgan fingerprint density at radius 3 is 2.79 bits per heavy atom. The average molecular weight is 323 g/mol. The van der Waals surface area contributed by atoms with E-state index in [4.69, 9.17) is 34.0 Å². The summed E-state index contributed by atoms with van der Waals surface area (Å²) >= 11 is 13.2. The Morgan fingerprint density at radius 1 is 1.53 bits per heavy atom. The van der Waals surface area contributed by atoms with E-state index in [9.17, 15) is 4.79 Å². The molecule has 0 saturated carbocycles. The van der Waals surface area contributed by atoms with Crippen molar-refractivity contribution in [2.45, 2.75) is 6.92 Å². The zero-order chi connectivity index (χ0) is 14.4. The molecule has 0 bridgehead atoms. The molecular weight excluding hydrogens is 307 g/mol. The van der Waals surface area contributed by atoms with E-state index in [0.29, 0.717) is 27.2 Å². The number of hydrogen-bond acceptors (Lipinski definition) is 4. The van der Waals surface area contributed by atoms with Crippen LogP contribution >= 0.6 is 35.0 Å². The fourth-order valence-corrected chi connectivity index (χ4v) is 2.75. The number of nitrogen functional groups attached to an aromatic ring is 1. The Morgan fingerprint density at radius 2 is 2.21 bits per heavy atom. The third kappa shape index (κ3) is 5.48. The summed E-state index contributed by atoms with van der Waals surface area (Å²) in [6.07, 6.45) is 0.